The molecule has 3 aromatic heterocycles. The zero-order valence-corrected chi connectivity index (χ0v) is 18.5. The summed E-state index contributed by atoms with van der Waals surface area (Å²) in [6.07, 6.45) is 2.42. The van der Waals surface area contributed by atoms with Gasteiger partial charge in [0.05, 0.1) is 18.7 Å². The molecule has 1 amide bonds. The predicted octanol–water partition coefficient (Wildman–Crippen LogP) is 2.24. The van der Waals surface area contributed by atoms with E-state index in [1.54, 1.807) is 10.7 Å². The summed E-state index contributed by atoms with van der Waals surface area (Å²) in [6, 6.07) is 13.3. The third-order valence-electron chi connectivity index (χ3n) is 6.14. The Hall–Kier alpha value is -3.68. The topological polar surface area (TPSA) is 78.0 Å². The van der Waals surface area contributed by atoms with E-state index in [1.165, 1.54) is 10.7 Å². The lowest BCUT2D eigenvalue weighted by Gasteiger charge is -2.39. The molecule has 8 heteroatoms. The van der Waals surface area contributed by atoms with Crippen LogP contribution in [0, 0.1) is 19.8 Å². The van der Waals surface area contributed by atoms with Crippen LogP contribution in [0.5, 0.6) is 0 Å². The molecule has 1 aliphatic rings. The highest BCUT2D eigenvalue weighted by atomic mass is 16.2. The maximum absolute atomic E-state index is 12.8. The minimum atomic E-state index is -0.143. The summed E-state index contributed by atoms with van der Waals surface area (Å²) < 4.78 is 5.29. The van der Waals surface area contributed by atoms with Gasteiger partial charge in [-0.15, -0.1) is 5.10 Å². The average Bonchev–Trinajstić information content (AvgIpc) is 3.24. The first-order valence-corrected chi connectivity index (χ1v) is 10.8. The van der Waals surface area contributed by atoms with Gasteiger partial charge in [-0.05, 0) is 37.6 Å². The molecule has 164 valence electrons. The van der Waals surface area contributed by atoms with Crippen molar-refractivity contribution in [2.24, 2.45) is 13.0 Å². The van der Waals surface area contributed by atoms with E-state index in [1.807, 2.05) is 50.2 Å². The molecule has 0 unspecified atom stereocenters. The summed E-state index contributed by atoms with van der Waals surface area (Å²) in [5.74, 6) is 0.958. The van der Waals surface area contributed by atoms with Gasteiger partial charge in [0.15, 0.2) is 5.82 Å². The molecule has 0 N–H and O–H groups in total. The number of rotatable bonds is 5. The van der Waals surface area contributed by atoms with Crippen LogP contribution in [0.3, 0.4) is 0 Å². The van der Waals surface area contributed by atoms with E-state index in [0.717, 1.165) is 27.9 Å². The molecule has 8 nitrogen and oxygen atoms in total. The fourth-order valence-corrected chi connectivity index (χ4v) is 4.52. The van der Waals surface area contributed by atoms with Gasteiger partial charge in [-0.25, -0.2) is 9.36 Å². The average molecular weight is 431 g/mol. The van der Waals surface area contributed by atoms with Gasteiger partial charge in [-0.1, -0.05) is 18.2 Å². The summed E-state index contributed by atoms with van der Waals surface area (Å²) in [5, 5.41) is 10.1. The molecule has 0 bridgehead atoms. The highest BCUT2D eigenvalue weighted by Gasteiger charge is 2.31. The Morgan fingerprint density at radius 1 is 1.09 bits per heavy atom. The van der Waals surface area contributed by atoms with Gasteiger partial charge in [0, 0.05) is 54.9 Å². The van der Waals surface area contributed by atoms with Gasteiger partial charge >= 0.3 is 0 Å². The molecule has 0 aliphatic carbocycles. The fraction of sp³-hybridized carbons (Fsp3) is 0.333. The lowest BCUT2D eigenvalue weighted by molar-refractivity contribution is -0.137. The van der Waals surface area contributed by atoms with Crippen molar-refractivity contribution in [1.29, 1.82) is 0 Å². The lowest BCUT2D eigenvalue weighted by Crippen LogP contribution is -2.52. The number of aromatic nitrogens is 5. The summed E-state index contributed by atoms with van der Waals surface area (Å²) in [7, 11) is 2.00. The number of fused-ring (bicyclic) bond motifs is 1. The fourth-order valence-electron chi connectivity index (χ4n) is 4.52. The summed E-state index contributed by atoms with van der Waals surface area (Å²) in [6.45, 7) is 5.66. The van der Waals surface area contributed by atoms with Gasteiger partial charge in [0.1, 0.15) is 0 Å². The first-order chi connectivity index (χ1) is 15.4. The number of amides is 1. The number of aryl methyl sites for hydroxylation is 3. The largest absolute Gasteiger partial charge is 0.350 e. The second-order valence-electron chi connectivity index (χ2n) is 8.67. The molecule has 0 saturated carbocycles. The first kappa shape index (κ1) is 20.2. The summed E-state index contributed by atoms with van der Waals surface area (Å²) in [5.41, 5.74) is 3.91. The molecule has 1 aromatic carbocycles. The third-order valence-corrected chi connectivity index (χ3v) is 6.14. The highest BCUT2D eigenvalue weighted by Crippen LogP contribution is 2.23. The summed E-state index contributed by atoms with van der Waals surface area (Å²) >= 11 is 0. The van der Waals surface area contributed by atoms with Gasteiger partial charge < -0.3 is 9.47 Å². The maximum Gasteiger partial charge on any atom is 0.266 e. The minimum Gasteiger partial charge on any atom is -0.350 e. The van der Waals surface area contributed by atoms with Crippen molar-refractivity contribution in [2.75, 3.05) is 13.1 Å². The lowest BCUT2D eigenvalue weighted by atomic mass is 9.98. The molecule has 4 heterocycles. The van der Waals surface area contributed by atoms with E-state index in [9.17, 15) is 9.59 Å². The Bertz CT molecular complexity index is 1370. The summed E-state index contributed by atoms with van der Waals surface area (Å²) in [4.78, 5) is 27.0. The SMILES string of the molecule is Cc1cc(C)n(-c2ccc(=O)n(CC3CN(C(=O)Cc4cn(C)c5ccccc45)C3)n2)n1. The van der Waals surface area contributed by atoms with Crippen molar-refractivity contribution in [3.8, 4) is 5.82 Å². The quantitative estimate of drug-likeness (QED) is 0.487. The van der Waals surface area contributed by atoms with Crippen LogP contribution >= 0.6 is 0 Å². The number of likely N-dealkylation sites (tertiary alicyclic amines) is 1. The van der Waals surface area contributed by atoms with Crippen LogP contribution in [0.4, 0.5) is 0 Å². The van der Waals surface area contributed by atoms with E-state index in [-0.39, 0.29) is 17.4 Å². The molecule has 4 aromatic rings. The van der Waals surface area contributed by atoms with E-state index < -0.39 is 0 Å². The number of hydrogen-bond acceptors (Lipinski definition) is 4. The number of nitrogens with zero attached hydrogens (tertiary/aromatic N) is 6. The van der Waals surface area contributed by atoms with E-state index in [2.05, 4.69) is 26.9 Å². The van der Waals surface area contributed by atoms with E-state index in [0.29, 0.717) is 31.9 Å². The van der Waals surface area contributed by atoms with Crippen molar-refractivity contribution in [2.45, 2.75) is 26.8 Å². The van der Waals surface area contributed by atoms with E-state index >= 15 is 0 Å². The molecule has 1 saturated heterocycles. The number of hydrogen-bond donors (Lipinski definition) is 0. The Morgan fingerprint density at radius 3 is 2.62 bits per heavy atom. The first-order valence-electron chi connectivity index (χ1n) is 10.8. The van der Waals surface area contributed by atoms with Crippen LogP contribution < -0.4 is 5.56 Å². The Balaban J connectivity index is 1.24. The molecule has 0 radical (unpaired) electrons. The van der Waals surface area contributed by atoms with Crippen LogP contribution in [0.15, 0.2) is 53.5 Å². The molecule has 32 heavy (non-hydrogen) atoms. The molecule has 5 rings (SSSR count). The monoisotopic (exact) mass is 430 g/mol. The number of carbonyl (C=O) groups is 1. The third kappa shape index (κ3) is 3.62. The number of benzene rings is 1. The molecule has 0 spiro atoms. The normalized spacial score (nSPS) is 14.2. The Morgan fingerprint density at radius 2 is 1.88 bits per heavy atom. The Kier molecular flexibility index (Phi) is 4.92. The minimum absolute atomic E-state index is 0.120. The van der Waals surface area contributed by atoms with Crippen LogP contribution in [-0.4, -0.2) is 48.0 Å². The van der Waals surface area contributed by atoms with Crippen LogP contribution in [0.1, 0.15) is 17.0 Å². The zero-order chi connectivity index (χ0) is 22.4. The highest BCUT2D eigenvalue weighted by molar-refractivity contribution is 5.89. The van der Waals surface area contributed by atoms with Crippen LogP contribution in [-0.2, 0) is 24.8 Å². The molecule has 1 fully saturated rings. The van der Waals surface area contributed by atoms with Crippen molar-refractivity contribution in [3.05, 3.63) is 76.0 Å². The zero-order valence-electron chi connectivity index (χ0n) is 18.5. The van der Waals surface area contributed by atoms with Crippen LogP contribution in [0.2, 0.25) is 0 Å². The van der Waals surface area contributed by atoms with Gasteiger partial charge in [0.25, 0.3) is 5.56 Å². The van der Waals surface area contributed by atoms with Crippen molar-refractivity contribution < 1.29 is 4.79 Å². The Labute approximate surface area is 185 Å². The van der Waals surface area contributed by atoms with Gasteiger partial charge in [-0.2, -0.15) is 5.10 Å². The predicted molar refractivity (Wildman–Crippen MR) is 122 cm³/mol. The molecule has 0 atom stereocenters. The van der Waals surface area contributed by atoms with Gasteiger partial charge in [0.2, 0.25) is 5.91 Å². The van der Waals surface area contributed by atoms with Gasteiger partial charge in [-0.3, -0.25) is 9.59 Å². The molecule has 1 aliphatic heterocycles. The molecular weight excluding hydrogens is 404 g/mol. The molecular formula is C24H26N6O2. The van der Waals surface area contributed by atoms with Crippen molar-refractivity contribution >= 4 is 16.8 Å². The van der Waals surface area contributed by atoms with Crippen LogP contribution in [0.25, 0.3) is 16.7 Å². The second-order valence-corrected chi connectivity index (χ2v) is 8.67. The maximum atomic E-state index is 12.8. The smallest absolute Gasteiger partial charge is 0.266 e. The number of para-hydroxylation sites is 1. The van der Waals surface area contributed by atoms with Crippen molar-refractivity contribution in [1.82, 2.24) is 29.0 Å². The number of carbonyl (C=O) groups excluding carboxylic acids is 1. The van der Waals surface area contributed by atoms with E-state index in [4.69, 9.17) is 0 Å². The second kappa shape index (κ2) is 7.78. The standard InChI is InChI=1S/C24H26N6O2/c1-16-10-17(2)30(25-16)22-8-9-23(31)29(26-22)14-18-12-28(13-18)24(32)11-19-15-27(3)21-7-5-4-6-20(19)21/h4-10,15,18H,11-14H2,1-3H3. The van der Waals surface area contributed by atoms with Crippen molar-refractivity contribution in [3.63, 3.8) is 0 Å².